The highest BCUT2D eigenvalue weighted by Gasteiger charge is 2.34. The second-order valence-electron chi connectivity index (χ2n) is 12.0. The summed E-state index contributed by atoms with van der Waals surface area (Å²) in [6.07, 6.45) is 3.55. The second kappa shape index (κ2) is 13.4. The molecule has 1 aliphatic rings. The zero-order valence-electron chi connectivity index (χ0n) is 27.3. The Labute approximate surface area is 262 Å². The summed E-state index contributed by atoms with van der Waals surface area (Å²) < 4.78 is 11.6. The van der Waals surface area contributed by atoms with Crippen molar-refractivity contribution in [2.75, 3.05) is 14.2 Å². The van der Waals surface area contributed by atoms with Crippen molar-refractivity contribution in [3.8, 4) is 11.5 Å². The smallest absolute Gasteiger partial charge is 0.124 e. The van der Waals surface area contributed by atoms with Gasteiger partial charge < -0.3 is 9.47 Å². The number of hydrogen-bond donors (Lipinski definition) is 0. The predicted octanol–water partition coefficient (Wildman–Crippen LogP) is 8.95. The summed E-state index contributed by atoms with van der Waals surface area (Å²) in [7, 11) is 2.26. The summed E-state index contributed by atoms with van der Waals surface area (Å²) >= 11 is 0. The number of allylic oxidation sites excluding steroid dienone is 2. The highest BCUT2D eigenvalue weighted by Crippen LogP contribution is 2.57. The van der Waals surface area contributed by atoms with E-state index in [1.54, 1.807) is 25.1 Å². The lowest BCUT2D eigenvalue weighted by atomic mass is 10.1. The van der Waals surface area contributed by atoms with Crippen LogP contribution in [0.3, 0.4) is 0 Å². The quantitative estimate of drug-likeness (QED) is 0.177. The normalized spacial score (nSPS) is 14.1. The van der Waals surface area contributed by atoms with E-state index >= 15 is 0 Å². The molecule has 1 atom stereocenters. The third kappa shape index (κ3) is 6.20. The van der Waals surface area contributed by atoms with E-state index in [4.69, 9.17) is 9.47 Å². The van der Waals surface area contributed by atoms with Gasteiger partial charge >= 0.3 is 0 Å². The van der Waals surface area contributed by atoms with Crippen LogP contribution < -0.4 is 30.7 Å². The summed E-state index contributed by atoms with van der Waals surface area (Å²) in [6, 6.07) is 27.7. The highest BCUT2D eigenvalue weighted by molar-refractivity contribution is 7.77. The van der Waals surface area contributed by atoms with Crippen LogP contribution in [0.2, 0.25) is 0 Å². The Balaban J connectivity index is 1.75. The Hall–Kier alpha value is -2.92. The summed E-state index contributed by atoms with van der Waals surface area (Å²) in [5.41, 5.74) is 9.76. The Kier molecular flexibility index (Phi) is 9.80. The lowest BCUT2D eigenvalue weighted by molar-refractivity contribution is 0.408. The van der Waals surface area contributed by atoms with Gasteiger partial charge in [-0.3, -0.25) is 0 Å². The summed E-state index contributed by atoms with van der Waals surface area (Å²) in [5, 5.41) is 7.54. The van der Waals surface area contributed by atoms with Crippen LogP contribution in [0.15, 0.2) is 83.7 Å². The molecular weight excluding hydrogens is 562 g/mol. The minimum Gasteiger partial charge on any atom is -0.496 e. The van der Waals surface area contributed by atoms with Crippen LogP contribution in [0.4, 0.5) is 0 Å². The standard InChI is InChI=1S/C39H46O2P2/c1-25-15-10-12-18-35(25)42(36-19-13-11-16-26(36)2)31(7)34-17-14-20-37(34)43(32-21-27(3)38(40-8)28(4)22-32)33-23-29(5)39(41-9)30(6)24-33/h10-13,15-16,18-19,21-24,31H,14,17,20H2,1-9H3/t31-/m1/s1. The Bertz CT molecular complexity index is 1520. The fourth-order valence-electron chi connectivity index (χ4n) is 7.04. The molecule has 0 heterocycles. The van der Waals surface area contributed by atoms with Crippen LogP contribution in [-0.2, 0) is 0 Å². The monoisotopic (exact) mass is 608 g/mol. The molecule has 5 rings (SSSR count). The van der Waals surface area contributed by atoms with E-state index in [1.807, 2.05) is 0 Å². The van der Waals surface area contributed by atoms with Crippen molar-refractivity contribution >= 4 is 37.1 Å². The van der Waals surface area contributed by atoms with Gasteiger partial charge in [0.2, 0.25) is 0 Å². The lowest BCUT2D eigenvalue weighted by Gasteiger charge is -2.32. The lowest BCUT2D eigenvalue weighted by Crippen LogP contribution is -2.25. The van der Waals surface area contributed by atoms with E-state index in [0.29, 0.717) is 5.66 Å². The Morgan fingerprint density at radius 2 is 1.00 bits per heavy atom. The average molecular weight is 609 g/mol. The molecule has 4 aromatic carbocycles. The number of ether oxygens (including phenoxy) is 2. The number of aryl methyl sites for hydroxylation is 6. The third-order valence-electron chi connectivity index (χ3n) is 8.96. The van der Waals surface area contributed by atoms with Gasteiger partial charge in [-0.25, -0.2) is 0 Å². The molecule has 224 valence electrons. The maximum Gasteiger partial charge on any atom is 0.124 e. The van der Waals surface area contributed by atoms with Crippen molar-refractivity contribution in [1.82, 2.24) is 0 Å². The van der Waals surface area contributed by atoms with Crippen LogP contribution in [0, 0.1) is 41.5 Å². The van der Waals surface area contributed by atoms with E-state index in [2.05, 4.69) is 121 Å². The molecule has 0 bridgehead atoms. The molecule has 4 aromatic rings. The number of rotatable bonds is 9. The minimum atomic E-state index is -0.722. The first kappa shape index (κ1) is 31.5. The molecule has 0 fully saturated rings. The third-order valence-corrected chi connectivity index (χ3v) is 14.7. The molecule has 0 N–H and O–H groups in total. The van der Waals surface area contributed by atoms with Gasteiger partial charge in [-0.2, -0.15) is 0 Å². The van der Waals surface area contributed by atoms with E-state index in [9.17, 15) is 0 Å². The minimum absolute atomic E-state index is 0.445. The number of hydrogen-bond acceptors (Lipinski definition) is 2. The van der Waals surface area contributed by atoms with Gasteiger partial charge in [0, 0.05) is 5.66 Å². The van der Waals surface area contributed by atoms with Crippen molar-refractivity contribution in [2.24, 2.45) is 0 Å². The molecule has 0 amide bonds. The predicted molar refractivity (Wildman–Crippen MR) is 190 cm³/mol. The van der Waals surface area contributed by atoms with Gasteiger partial charge in [0.05, 0.1) is 14.2 Å². The average Bonchev–Trinajstić information content (AvgIpc) is 3.44. The molecule has 0 saturated carbocycles. The molecule has 0 aromatic heterocycles. The maximum absolute atomic E-state index is 5.80. The molecule has 43 heavy (non-hydrogen) atoms. The molecule has 0 radical (unpaired) electrons. The van der Waals surface area contributed by atoms with E-state index in [-0.39, 0.29) is 0 Å². The molecule has 0 aliphatic heterocycles. The molecular formula is C39H46O2P2. The highest BCUT2D eigenvalue weighted by atomic mass is 31.1. The molecule has 0 unspecified atom stereocenters. The van der Waals surface area contributed by atoms with Crippen LogP contribution in [0.5, 0.6) is 11.5 Å². The first-order chi connectivity index (χ1) is 20.7. The van der Waals surface area contributed by atoms with E-state index in [0.717, 1.165) is 17.9 Å². The van der Waals surface area contributed by atoms with Crippen LogP contribution in [0.1, 0.15) is 59.6 Å². The Morgan fingerprint density at radius 1 is 0.581 bits per heavy atom. The van der Waals surface area contributed by atoms with Gasteiger partial charge in [0.25, 0.3) is 0 Å². The first-order valence-electron chi connectivity index (χ1n) is 15.4. The van der Waals surface area contributed by atoms with Gasteiger partial charge in [-0.15, -0.1) is 0 Å². The fourth-order valence-corrected chi connectivity index (χ4v) is 13.4. The van der Waals surface area contributed by atoms with Crippen molar-refractivity contribution in [3.63, 3.8) is 0 Å². The SMILES string of the molecule is COc1c(C)cc(P(C2=C([C@@H](C)P(c3ccccc3C)c3ccccc3C)CCC2)c2cc(C)c(OC)c(C)c2)cc1C. The summed E-state index contributed by atoms with van der Waals surface area (Å²) in [4.78, 5) is 0. The zero-order chi connectivity index (χ0) is 30.8. The van der Waals surface area contributed by atoms with Gasteiger partial charge in [0.1, 0.15) is 11.5 Å². The van der Waals surface area contributed by atoms with Gasteiger partial charge in [-0.05, 0) is 161 Å². The molecule has 0 spiro atoms. The first-order valence-corrected chi connectivity index (χ1v) is 18.1. The van der Waals surface area contributed by atoms with E-state index < -0.39 is 15.8 Å². The fraction of sp³-hybridized carbons (Fsp3) is 0.333. The Morgan fingerprint density at radius 3 is 1.40 bits per heavy atom. The number of methoxy groups -OCH3 is 2. The molecule has 4 heteroatoms. The van der Waals surface area contributed by atoms with E-state index in [1.165, 1.54) is 67.4 Å². The molecule has 2 nitrogen and oxygen atoms in total. The van der Waals surface area contributed by atoms with Crippen molar-refractivity contribution in [2.45, 2.75) is 73.4 Å². The van der Waals surface area contributed by atoms with Gasteiger partial charge in [-0.1, -0.05) is 61.0 Å². The summed E-state index contributed by atoms with van der Waals surface area (Å²) in [5.74, 6) is 2.00. The molecule has 0 saturated heterocycles. The topological polar surface area (TPSA) is 18.5 Å². The maximum atomic E-state index is 5.80. The largest absolute Gasteiger partial charge is 0.496 e. The van der Waals surface area contributed by atoms with Crippen molar-refractivity contribution in [3.05, 3.63) is 117 Å². The zero-order valence-corrected chi connectivity index (χ0v) is 29.1. The molecule has 1 aliphatic carbocycles. The van der Waals surface area contributed by atoms with Crippen LogP contribution >= 0.6 is 15.8 Å². The van der Waals surface area contributed by atoms with Crippen molar-refractivity contribution in [1.29, 1.82) is 0 Å². The number of benzene rings is 4. The van der Waals surface area contributed by atoms with Crippen molar-refractivity contribution < 1.29 is 9.47 Å². The van der Waals surface area contributed by atoms with Crippen LogP contribution in [0.25, 0.3) is 0 Å². The van der Waals surface area contributed by atoms with Crippen LogP contribution in [-0.4, -0.2) is 19.9 Å². The second-order valence-corrected chi connectivity index (χ2v) is 16.7. The summed E-state index contributed by atoms with van der Waals surface area (Å²) in [6.45, 7) is 15.9. The van der Waals surface area contributed by atoms with Gasteiger partial charge in [0.15, 0.2) is 0 Å².